The molecule has 1 aliphatic rings. The number of piperidine rings is 1. The Bertz CT molecular complexity index is 744. The van der Waals surface area contributed by atoms with Crippen LogP contribution in [0.4, 0.5) is 5.13 Å². The molecule has 1 saturated heterocycles. The largest absolute Gasteiger partial charge is 0.342 e. The minimum atomic E-state index is -0.142. The molecule has 1 aromatic heterocycles. The second-order valence-corrected chi connectivity index (χ2v) is 8.07. The van der Waals surface area contributed by atoms with Crippen molar-refractivity contribution in [3.63, 3.8) is 0 Å². The number of likely N-dealkylation sites (tertiary alicyclic amines) is 1. The molecule has 0 radical (unpaired) electrons. The van der Waals surface area contributed by atoms with Gasteiger partial charge in [-0.15, -0.1) is 11.8 Å². The number of carbonyl (C=O) groups excluding carboxylic acids is 2. The number of halogens is 1. The van der Waals surface area contributed by atoms with E-state index >= 15 is 0 Å². The number of carbonyl (C=O) groups is 2. The van der Waals surface area contributed by atoms with E-state index in [0.717, 1.165) is 36.1 Å². The molecule has 1 aliphatic heterocycles. The van der Waals surface area contributed by atoms with Gasteiger partial charge in [-0.1, -0.05) is 22.9 Å². The molecule has 0 spiro atoms. The van der Waals surface area contributed by atoms with Gasteiger partial charge in [0.2, 0.25) is 11.8 Å². The maximum absolute atomic E-state index is 12.0. The number of fused-ring (bicyclic) bond motifs is 1. The highest BCUT2D eigenvalue weighted by atomic mass is 35.5. The summed E-state index contributed by atoms with van der Waals surface area (Å²) in [7, 11) is 0. The molecule has 1 N–H and O–H groups in total. The Balaban J connectivity index is 1.45. The molecule has 0 aliphatic carbocycles. The Kier molecular flexibility index (Phi) is 5.97. The number of rotatable bonds is 5. The van der Waals surface area contributed by atoms with Crippen LogP contribution in [0.15, 0.2) is 18.2 Å². The highest BCUT2D eigenvalue weighted by molar-refractivity contribution is 8.00. The number of benzene rings is 1. The summed E-state index contributed by atoms with van der Waals surface area (Å²) in [4.78, 5) is 30.3. The van der Waals surface area contributed by atoms with Gasteiger partial charge in [-0.25, -0.2) is 4.98 Å². The van der Waals surface area contributed by atoms with E-state index in [2.05, 4.69) is 10.3 Å². The minimum absolute atomic E-state index is 0.127. The third kappa shape index (κ3) is 4.62. The first-order valence-electron chi connectivity index (χ1n) is 7.83. The summed E-state index contributed by atoms with van der Waals surface area (Å²) in [6.07, 6.45) is 3.36. The summed E-state index contributed by atoms with van der Waals surface area (Å²) in [5.41, 5.74) is 0.813. The Morgan fingerprint density at radius 1 is 1.25 bits per heavy atom. The van der Waals surface area contributed by atoms with Gasteiger partial charge in [-0.2, -0.15) is 0 Å². The molecular formula is C16H18ClN3O2S2. The van der Waals surface area contributed by atoms with Gasteiger partial charge in [0.15, 0.2) is 5.13 Å². The average Bonchev–Trinajstić information content (AvgIpc) is 2.96. The minimum Gasteiger partial charge on any atom is -0.342 e. The number of thioether (sulfide) groups is 1. The van der Waals surface area contributed by atoms with Crippen LogP contribution in [0.3, 0.4) is 0 Å². The zero-order valence-electron chi connectivity index (χ0n) is 13.1. The van der Waals surface area contributed by atoms with Gasteiger partial charge in [0.1, 0.15) is 0 Å². The number of anilines is 1. The van der Waals surface area contributed by atoms with Crippen molar-refractivity contribution in [2.24, 2.45) is 0 Å². The van der Waals surface area contributed by atoms with E-state index in [1.54, 1.807) is 6.07 Å². The summed E-state index contributed by atoms with van der Waals surface area (Å²) in [6, 6.07) is 5.43. The summed E-state index contributed by atoms with van der Waals surface area (Å²) in [5, 5.41) is 3.99. The second-order valence-electron chi connectivity index (χ2n) is 5.61. The van der Waals surface area contributed by atoms with Crippen LogP contribution >= 0.6 is 34.7 Å². The third-order valence-electron chi connectivity index (χ3n) is 3.76. The van der Waals surface area contributed by atoms with Crippen molar-refractivity contribution < 1.29 is 9.59 Å². The average molecular weight is 384 g/mol. The van der Waals surface area contributed by atoms with Crippen LogP contribution in [0.5, 0.6) is 0 Å². The van der Waals surface area contributed by atoms with E-state index in [1.165, 1.54) is 29.5 Å². The number of hydrogen-bond acceptors (Lipinski definition) is 5. The number of nitrogens with one attached hydrogen (secondary N) is 1. The maximum atomic E-state index is 12.0. The van der Waals surface area contributed by atoms with Crippen molar-refractivity contribution in [3.05, 3.63) is 23.2 Å². The normalized spacial score (nSPS) is 14.8. The molecule has 0 unspecified atom stereocenters. The lowest BCUT2D eigenvalue weighted by atomic mass is 10.1. The highest BCUT2D eigenvalue weighted by Gasteiger charge is 2.17. The van der Waals surface area contributed by atoms with Crippen LogP contribution in [-0.4, -0.2) is 46.3 Å². The van der Waals surface area contributed by atoms with Crippen molar-refractivity contribution >= 4 is 61.9 Å². The van der Waals surface area contributed by atoms with Crippen molar-refractivity contribution in [1.29, 1.82) is 0 Å². The SMILES string of the molecule is O=C(CSCC(=O)N1CCCCC1)Nc1nc2ccc(Cl)cc2s1. The van der Waals surface area contributed by atoms with E-state index in [1.807, 2.05) is 17.0 Å². The lowest BCUT2D eigenvalue weighted by Crippen LogP contribution is -2.37. The number of hydrogen-bond donors (Lipinski definition) is 1. The first-order chi connectivity index (χ1) is 11.6. The molecule has 2 aromatic rings. The molecule has 5 nitrogen and oxygen atoms in total. The first kappa shape index (κ1) is 17.5. The third-order valence-corrected chi connectivity index (χ3v) is 5.85. The van der Waals surface area contributed by atoms with Crippen LogP contribution in [0, 0.1) is 0 Å². The first-order valence-corrected chi connectivity index (χ1v) is 10.2. The fourth-order valence-corrected chi connectivity index (χ4v) is 4.45. The molecule has 0 atom stereocenters. The van der Waals surface area contributed by atoms with Gasteiger partial charge in [0.05, 0.1) is 21.7 Å². The zero-order chi connectivity index (χ0) is 16.9. The van der Waals surface area contributed by atoms with Crippen LogP contribution in [0.2, 0.25) is 5.02 Å². The van der Waals surface area contributed by atoms with Gasteiger partial charge < -0.3 is 10.2 Å². The summed E-state index contributed by atoms with van der Waals surface area (Å²) >= 11 is 8.68. The van der Waals surface area contributed by atoms with Gasteiger partial charge in [-0.3, -0.25) is 9.59 Å². The number of thiazole rings is 1. The maximum Gasteiger partial charge on any atom is 0.236 e. The van der Waals surface area contributed by atoms with E-state index in [4.69, 9.17) is 11.6 Å². The lowest BCUT2D eigenvalue weighted by molar-refractivity contribution is -0.129. The topological polar surface area (TPSA) is 62.3 Å². The Labute approximate surface area is 153 Å². The Morgan fingerprint density at radius 3 is 2.83 bits per heavy atom. The van der Waals surface area contributed by atoms with Crippen LogP contribution in [0.25, 0.3) is 10.2 Å². The molecule has 2 amide bonds. The molecule has 1 aromatic carbocycles. The zero-order valence-corrected chi connectivity index (χ0v) is 15.5. The van der Waals surface area contributed by atoms with Gasteiger partial charge >= 0.3 is 0 Å². The number of amides is 2. The van der Waals surface area contributed by atoms with Crippen LogP contribution in [0.1, 0.15) is 19.3 Å². The van der Waals surface area contributed by atoms with Crippen molar-refractivity contribution in [2.45, 2.75) is 19.3 Å². The molecule has 2 heterocycles. The molecule has 0 saturated carbocycles. The van der Waals surface area contributed by atoms with Gasteiger partial charge in [0, 0.05) is 18.1 Å². The molecule has 1 fully saturated rings. The highest BCUT2D eigenvalue weighted by Crippen LogP contribution is 2.28. The molecule has 128 valence electrons. The van der Waals surface area contributed by atoms with Crippen molar-refractivity contribution in [1.82, 2.24) is 9.88 Å². The number of aromatic nitrogens is 1. The second kappa shape index (κ2) is 8.18. The smallest absolute Gasteiger partial charge is 0.236 e. The van der Waals surface area contributed by atoms with Crippen LogP contribution in [-0.2, 0) is 9.59 Å². The molecule has 24 heavy (non-hydrogen) atoms. The molecule has 0 bridgehead atoms. The summed E-state index contributed by atoms with van der Waals surface area (Å²) in [6.45, 7) is 1.69. The molecule has 8 heteroatoms. The predicted octanol–water partition coefficient (Wildman–Crippen LogP) is 3.63. The lowest BCUT2D eigenvalue weighted by Gasteiger charge is -2.26. The standard InChI is InChI=1S/C16H18ClN3O2S2/c17-11-4-5-12-13(8-11)24-16(18-12)19-14(21)9-23-10-15(22)20-6-2-1-3-7-20/h4-5,8H,1-3,6-7,9-10H2,(H,18,19,21). The van der Waals surface area contributed by atoms with Crippen molar-refractivity contribution in [2.75, 3.05) is 29.9 Å². The molecular weight excluding hydrogens is 366 g/mol. The van der Waals surface area contributed by atoms with E-state index in [-0.39, 0.29) is 17.6 Å². The van der Waals surface area contributed by atoms with E-state index in [0.29, 0.717) is 15.9 Å². The van der Waals surface area contributed by atoms with Crippen LogP contribution < -0.4 is 5.32 Å². The fraction of sp³-hybridized carbons (Fsp3) is 0.438. The fourth-order valence-electron chi connectivity index (χ4n) is 2.57. The van der Waals surface area contributed by atoms with Crippen molar-refractivity contribution in [3.8, 4) is 0 Å². The van der Waals surface area contributed by atoms with E-state index < -0.39 is 0 Å². The monoisotopic (exact) mass is 383 g/mol. The Morgan fingerprint density at radius 2 is 2.04 bits per heavy atom. The number of nitrogens with zero attached hydrogens (tertiary/aromatic N) is 2. The predicted molar refractivity (Wildman–Crippen MR) is 101 cm³/mol. The summed E-state index contributed by atoms with van der Waals surface area (Å²) in [5.74, 6) is 0.581. The quantitative estimate of drug-likeness (QED) is 0.856. The Hall–Kier alpha value is -1.31. The van der Waals surface area contributed by atoms with E-state index in [9.17, 15) is 9.59 Å². The van der Waals surface area contributed by atoms with Gasteiger partial charge in [0.25, 0.3) is 0 Å². The summed E-state index contributed by atoms with van der Waals surface area (Å²) < 4.78 is 0.936. The van der Waals surface area contributed by atoms with Gasteiger partial charge in [-0.05, 0) is 37.5 Å². The molecule has 3 rings (SSSR count).